The molecule has 0 aromatic carbocycles. The Bertz CT molecular complexity index is 418. The van der Waals surface area contributed by atoms with Gasteiger partial charge >= 0.3 is 0 Å². The number of carbonyl (C=O) groups is 1. The lowest BCUT2D eigenvalue weighted by atomic mass is 9.85. The minimum Gasteiger partial charge on any atom is -0.349 e. The second kappa shape index (κ2) is 6.27. The van der Waals surface area contributed by atoms with Crippen molar-refractivity contribution >= 4 is 21.8 Å². The van der Waals surface area contributed by atoms with E-state index in [4.69, 9.17) is 0 Å². The molecule has 1 atom stereocenters. The molecule has 5 heteroatoms. The number of hydrogen-bond donors (Lipinski definition) is 1. The van der Waals surface area contributed by atoms with Crippen LogP contribution in [0.5, 0.6) is 0 Å². The molecule has 0 spiro atoms. The monoisotopic (exact) mass is 316 g/mol. The third-order valence-corrected chi connectivity index (χ3v) is 3.17. The van der Waals surface area contributed by atoms with Crippen molar-refractivity contribution < 1.29 is 9.18 Å². The van der Waals surface area contributed by atoms with Gasteiger partial charge in [-0.05, 0) is 17.9 Å². The minimum absolute atomic E-state index is 0.0210. The number of hydrogen-bond acceptors (Lipinski definition) is 2. The van der Waals surface area contributed by atoms with E-state index in [-0.39, 0.29) is 22.9 Å². The van der Waals surface area contributed by atoms with Crippen LogP contribution in [0.25, 0.3) is 0 Å². The molecule has 100 valence electrons. The van der Waals surface area contributed by atoms with Crippen molar-refractivity contribution in [2.24, 2.45) is 5.41 Å². The molecule has 1 aromatic heterocycles. The fourth-order valence-electron chi connectivity index (χ4n) is 1.61. The molecule has 0 radical (unpaired) electrons. The van der Waals surface area contributed by atoms with Crippen molar-refractivity contribution in [3.05, 3.63) is 29.8 Å². The van der Waals surface area contributed by atoms with Crippen LogP contribution >= 0.6 is 15.9 Å². The molecule has 1 amide bonds. The highest BCUT2D eigenvalue weighted by molar-refractivity contribution is 9.09. The number of aromatic nitrogens is 1. The zero-order chi connectivity index (χ0) is 13.8. The van der Waals surface area contributed by atoms with E-state index >= 15 is 0 Å². The van der Waals surface area contributed by atoms with Crippen molar-refractivity contribution in [2.45, 2.75) is 33.2 Å². The molecule has 1 N–H and O–H groups in total. The molecule has 1 heterocycles. The lowest BCUT2D eigenvalue weighted by Crippen LogP contribution is -2.44. The molecule has 1 unspecified atom stereocenters. The maximum atomic E-state index is 13.0. The fraction of sp³-hybridized carbons (Fsp3) is 0.538. The SMILES string of the molecule is CC(C)(C)C(CCBr)NC(=O)c1cncc(F)c1. The van der Waals surface area contributed by atoms with Gasteiger partial charge in [0.1, 0.15) is 5.82 Å². The lowest BCUT2D eigenvalue weighted by Gasteiger charge is -2.31. The van der Waals surface area contributed by atoms with E-state index in [1.54, 1.807) is 0 Å². The predicted molar refractivity (Wildman–Crippen MR) is 73.3 cm³/mol. The van der Waals surface area contributed by atoms with Crippen LogP contribution in [0.3, 0.4) is 0 Å². The van der Waals surface area contributed by atoms with Crippen molar-refractivity contribution in [3.63, 3.8) is 0 Å². The standard InChI is InChI=1S/C13H18BrFN2O/c1-13(2,3)11(4-5-14)17-12(18)9-6-10(15)8-16-7-9/h6-8,11H,4-5H2,1-3H3,(H,17,18). The summed E-state index contributed by atoms with van der Waals surface area (Å²) >= 11 is 3.38. The summed E-state index contributed by atoms with van der Waals surface area (Å²) in [6.07, 6.45) is 3.26. The van der Waals surface area contributed by atoms with Gasteiger partial charge in [0, 0.05) is 17.6 Å². The third kappa shape index (κ3) is 4.37. The van der Waals surface area contributed by atoms with E-state index in [2.05, 4.69) is 47.0 Å². The summed E-state index contributed by atoms with van der Waals surface area (Å²) in [5, 5.41) is 3.73. The fourth-order valence-corrected chi connectivity index (χ4v) is 2.07. The Balaban J connectivity index is 2.79. The van der Waals surface area contributed by atoms with Crippen LogP contribution in [0.4, 0.5) is 4.39 Å². The van der Waals surface area contributed by atoms with Gasteiger partial charge < -0.3 is 5.32 Å². The Morgan fingerprint density at radius 1 is 1.50 bits per heavy atom. The van der Waals surface area contributed by atoms with E-state index in [1.807, 2.05) is 0 Å². The molecule has 0 bridgehead atoms. The first-order valence-corrected chi connectivity index (χ1v) is 6.94. The number of carbonyl (C=O) groups excluding carboxylic acids is 1. The number of nitrogens with one attached hydrogen (secondary N) is 1. The molecule has 0 saturated heterocycles. The average Bonchev–Trinajstić information content (AvgIpc) is 2.27. The Morgan fingerprint density at radius 3 is 2.67 bits per heavy atom. The smallest absolute Gasteiger partial charge is 0.253 e. The molecule has 18 heavy (non-hydrogen) atoms. The maximum absolute atomic E-state index is 13.0. The summed E-state index contributed by atoms with van der Waals surface area (Å²) in [6, 6.07) is 1.21. The van der Waals surface area contributed by atoms with Gasteiger partial charge in [-0.3, -0.25) is 9.78 Å². The highest BCUT2D eigenvalue weighted by atomic mass is 79.9. The summed E-state index contributed by atoms with van der Waals surface area (Å²) in [6.45, 7) is 6.18. The van der Waals surface area contributed by atoms with E-state index in [0.29, 0.717) is 0 Å². The van der Waals surface area contributed by atoms with Gasteiger partial charge in [-0.1, -0.05) is 36.7 Å². The first-order chi connectivity index (χ1) is 8.34. The second-order valence-corrected chi connectivity index (χ2v) is 6.05. The van der Waals surface area contributed by atoms with Crippen molar-refractivity contribution in [3.8, 4) is 0 Å². The molecule has 1 aromatic rings. The Morgan fingerprint density at radius 2 is 2.17 bits per heavy atom. The lowest BCUT2D eigenvalue weighted by molar-refractivity contribution is 0.0900. The highest BCUT2D eigenvalue weighted by Crippen LogP contribution is 2.22. The van der Waals surface area contributed by atoms with Gasteiger partial charge in [-0.15, -0.1) is 0 Å². The Labute approximate surface area is 115 Å². The van der Waals surface area contributed by atoms with Gasteiger partial charge in [0.15, 0.2) is 0 Å². The number of rotatable bonds is 4. The summed E-state index contributed by atoms with van der Waals surface area (Å²) < 4.78 is 13.0. The van der Waals surface area contributed by atoms with Crippen LogP contribution in [0.15, 0.2) is 18.5 Å². The molecule has 0 saturated carbocycles. The van der Waals surface area contributed by atoms with E-state index in [1.165, 1.54) is 12.3 Å². The number of alkyl halides is 1. The molecule has 0 aliphatic heterocycles. The zero-order valence-electron chi connectivity index (χ0n) is 10.8. The molecule has 3 nitrogen and oxygen atoms in total. The average molecular weight is 317 g/mol. The Hall–Kier alpha value is -0.970. The Kier molecular flexibility index (Phi) is 5.26. The molecule has 0 fully saturated rings. The van der Waals surface area contributed by atoms with Gasteiger partial charge in [-0.2, -0.15) is 0 Å². The van der Waals surface area contributed by atoms with E-state index in [9.17, 15) is 9.18 Å². The summed E-state index contributed by atoms with van der Waals surface area (Å²) in [7, 11) is 0. The number of halogens is 2. The van der Waals surface area contributed by atoms with Gasteiger partial charge in [0.05, 0.1) is 11.8 Å². The first kappa shape index (κ1) is 15.1. The topological polar surface area (TPSA) is 42.0 Å². The summed E-state index contributed by atoms with van der Waals surface area (Å²) in [5.74, 6) is -0.793. The molecular weight excluding hydrogens is 299 g/mol. The largest absolute Gasteiger partial charge is 0.349 e. The van der Waals surface area contributed by atoms with Crippen LogP contribution in [0, 0.1) is 11.2 Å². The first-order valence-electron chi connectivity index (χ1n) is 5.82. The molecule has 1 rings (SSSR count). The third-order valence-electron chi connectivity index (χ3n) is 2.72. The highest BCUT2D eigenvalue weighted by Gasteiger charge is 2.26. The molecular formula is C13H18BrFN2O. The number of nitrogens with zero attached hydrogens (tertiary/aromatic N) is 1. The summed E-state index contributed by atoms with van der Waals surface area (Å²) in [5.41, 5.74) is 0.198. The minimum atomic E-state index is -0.504. The quantitative estimate of drug-likeness (QED) is 0.867. The predicted octanol–water partition coefficient (Wildman–Crippen LogP) is 3.15. The van der Waals surface area contributed by atoms with Gasteiger partial charge in [0.25, 0.3) is 5.91 Å². The van der Waals surface area contributed by atoms with E-state index < -0.39 is 5.82 Å². The normalized spacial score (nSPS) is 13.2. The molecule has 0 aliphatic rings. The zero-order valence-corrected chi connectivity index (χ0v) is 12.4. The van der Waals surface area contributed by atoms with Crippen molar-refractivity contribution in [1.29, 1.82) is 0 Å². The van der Waals surface area contributed by atoms with Crippen LogP contribution in [-0.2, 0) is 0 Å². The molecule has 0 aliphatic carbocycles. The van der Waals surface area contributed by atoms with E-state index in [0.717, 1.165) is 17.9 Å². The van der Waals surface area contributed by atoms with Crippen molar-refractivity contribution in [2.75, 3.05) is 5.33 Å². The maximum Gasteiger partial charge on any atom is 0.253 e. The van der Waals surface area contributed by atoms with Crippen LogP contribution in [0.2, 0.25) is 0 Å². The van der Waals surface area contributed by atoms with Gasteiger partial charge in [-0.25, -0.2) is 4.39 Å². The van der Waals surface area contributed by atoms with Crippen LogP contribution < -0.4 is 5.32 Å². The second-order valence-electron chi connectivity index (χ2n) is 5.26. The van der Waals surface area contributed by atoms with Gasteiger partial charge in [0.2, 0.25) is 0 Å². The van der Waals surface area contributed by atoms with Crippen LogP contribution in [0.1, 0.15) is 37.6 Å². The summed E-state index contributed by atoms with van der Waals surface area (Å²) in [4.78, 5) is 15.7. The number of amides is 1. The van der Waals surface area contributed by atoms with Crippen LogP contribution in [-0.4, -0.2) is 22.3 Å². The number of pyridine rings is 1. The van der Waals surface area contributed by atoms with Crippen molar-refractivity contribution in [1.82, 2.24) is 10.3 Å².